The van der Waals surface area contributed by atoms with Gasteiger partial charge in [0.25, 0.3) is 11.8 Å². The van der Waals surface area contributed by atoms with Gasteiger partial charge >= 0.3 is 0 Å². The molecule has 0 saturated heterocycles. The van der Waals surface area contributed by atoms with E-state index in [1.165, 1.54) is 4.90 Å². The minimum Gasteiger partial charge on any atom is -0.478 e. The summed E-state index contributed by atoms with van der Waals surface area (Å²) >= 11 is 0. The lowest BCUT2D eigenvalue weighted by molar-refractivity contribution is -0.128. The Kier molecular flexibility index (Phi) is 4.35. The topological polar surface area (TPSA) is 111 Å². The summed E-state index contributed by atoms with van der Waals surface area (Å²) in [6.45, 7) is -0.194. The van der Waals surface area contributed by atoms with Crippen molar-refractivity contribution in [2.75, 3.05) is 17.2 Å². The second kappa shape index (κ2) is 6.59. The monoisotopic (exact) mass is 326 g/mol. The Labute approximate surface area is 139 Å². The molecule has 0 fully saturated rings. The van der Waals surface area contributed by atoms with Crippen LogP contribution in [-0.4, -0.2) is 24.5 Å². The van der Waals surface area contributed by atoms with Gasteiger partial charge in [0.2, 0.25) is 0 Å². The van der Waals surface area contributed by atoms with Crippen molar-refractivity contribution in [2.45, 2.75) is 12.5 Å². The van der Waals surface area contributed by atoms with Gasteiger partial charge in [-0.2, -0.15) is 0 Å². The molecule has 0 radical (unpaired) electrons. The summed E-state index contributed by atoms with van der Waals surface area (Å²) in [5, 5.41) is 0. The molecule has 0 saturated carbocycles. The zero-order chi connectivity index (χ0) is 17.1. The summed E-state index contributed by atoms with van der Waals surface area (Å²) < 4.78 is 5.84. The maximum absolute atomic E-state index is 12.8. The molecule has 1 aliphatic rings. The van der Waals surface area contributed by atoms with E-state index in [0.29, 0.717) is 23.5 Å². The molecule has 1 heterocycles. The van der Waals surface area contributed by atoms with Gasteiger partial charge in [-0.15, -0.1) is 0 Å². The lowest BCUT2D eigenvalue weighted by Crippen LogP contribution is -2.51. The minimum atomic E-state index is -0.714. The largest absolute Gasteiger partial charge is 0.478 e. The predicted molar refractivity (Wildman–Crippen MR) is 90.1 cm³/mol. The molecular weight excluding hydrogens is 308 g/mol. The van der Waals surface area contributed by atoms with Crippen LogP contribution in [0.25, 0.3) is 0 Å². The normalized spacial score (nSPS) is 16.3. The maximum atomic E-state index is 12.8. The van der Waals surface area contributed by atoms with Gasteiger partial charge < -0.3 is 10.5 Å². The van der Waals surface area contributed by atoms with Crippen LogP contribution in [0.1, 0.15) is 5.56 Å². The number of anilines is 2. The maximum Gasteiger partial charge on any atom is 0.268 e. The van der Waals surface area contributed by atoms with E-state index in [2.05, 4.69) is 0 Å². The Morgan fingerprint density at radius 3 is 2.67 bits per heavy atom. The third-order valence-electron chi connectivity index (χ3n) is 3.81. The van der Waals surface area contributed by atoms with Gasteiger partial charge in [0.05, 0.1) is 5.69 Å². The van der Waals surface area contributed by atoms with Crippen LogP contribution in [-0.2, 0) is 16.0 Å². The van der Waals surface area contributed by atoms with Gasteiger partial charge in [-0.05, 0) is 23.8 Å². The lowest BCUT2D eigenvalue weighted by Gasteiger charge is -2.34. The average Bonchev–Trinajstić information content (AvgIpc) is 2.59. The van der Waals surface area contributed by atoms with Crippen molar-refractivity contribution < 1.29 is 14.3 Å². The Balaban J connectivity index is 1.93. The van der Waals surface area contributed by atoms with Crippen molar-refractivity contribution in [3.05, 3.63) is 54.1 Å². The summed E-state index contributed by atoms with van der Waals surface area (Å²) in [6.07, 6.45) is -0.307. The van der Waals surface area contributed by atoms with Gasteiger partial charge in [0.1, 0.15) is 12.3 Å². The number of hydrogen-bond donors (Lipinski definition) is 3. The van der Waals surface area contributed by atoms with Crippen LogP contribution in [0.5, 0.6) is 5.75 Å². The minimum absolute atomic E-state index is 0.194. The summed E-state index contributed by atoms with van der Waals surface area (Å²) in [6, 6.07) is 14.5. The summed E-state index contributed by atoms with van der Waals surface area (Å²) in [5.74, 6) is 4.88. The molecule has 0 aliphatic carbocycles. The van der Waals surface area contributed by atoms with Crippen LogP contribution in [0.3, 0.4) is 0 Å². The Morgan fingerprint density at radius 2 is 1.96 bits per heavy atom. The third-order valence-corrected chi connectivity index (χ3v) is 3.81. The van der Waals surface area contributed by atoms with Crippen LogP contribution >= 0.6 is 0 Å². The first-order valence-electron chi connectivity index (χ1n) is 7.49. The number of fused-ring (bicyclic) bond motifs is 1. The molecule has 7 heteroatoms. The van der Waals surface area contributed by atoms with Gasteiger partial charge in [-0.1, -0.05) is 30.3 Å². The fourth-order valence-corrected chi connectivity index (χ4v) is 2.65. The number of nitrogens with one attached hydrogen (secondary N) is 1. The fraction of sp³-hybridized carbons (Fsp3) is 0.176. The molecule has 0 aromatic heterocycles. The van der Waals surface area contributed by atoms with Gasteiger partial charge in [-0.25, -0.2) is 5.84 Å². The van der Waals surface area contributed by atoms with Crippen LogP contribution < -0.4 is 26.6 Å². The van der Waals surface area contributed by atoms with E-state index in [1.54, 1.807) is 18.2 Å². The highest BCUT2D eigenvalue weighted by Crippen LogP contribution is 2.36. The molecule has 0 bridgehead atoms. The van der Waals surface area contributed by atoms with Crippen molar-refractivity contribution in [1.29, 1.82) is 0 Å². The molecule has 124 valence electrons. The van der Waals surface area contributed by atoms with Crippen molar-refractivity contribution in [1.82, 2.24) is 5.43 Å². The summed E-state index contributed by atoms with van der Waals surface area (Å²) in [5.41, 5.74) is 9.74. The van der Waals surface area contributed by atoms with Crippen LogP contribution in [0.4, 0.5) is 11.4 Å². The van der Waals surface area contributed by atoms with Gasteiger partial charge in [0, 0.05) is 12.1 Å². The molecule has 24 heavy (non-hydrogen) atoms. The summed E-state index contributed by atoms with van der Waals surface area (Å²) in [4.78, 5) is 25.8. The number of nitrogens with two attached hydrogens (primary N) is 2. The molecule has 2 aromatic carbocycles. The number of ether oxygens (including phenoxy) is 1. The molecule has 1 atom stereocenters. The van der Waals surface area contributed by atoms with Crippen molar-refractivity contribution in [3.8, 4) is 5.75 Å². The number of nitrogens with zero attached hydrogens (tertiary/aromatic N) is 1. The number of hydrogen-bond acceptors (Lipinski definition) is 5. The third kappa shape index (κ3) is 3.16. The highest BCUT2D eigenvalue weighted by molar-refractivity contribution is 6.04. The Hall–Kier alpha value is -3.06. The number of carbonyl (C=O) groups excluding carboxylic acids is 2. The zero-order valence-electron chi connectivity index (χ0n) is 12.9. The molecular formula is C17H18N4O3. The molecule has 5 N–H and O–H groups in total. The van der Waals surface area contributed by atoms with E-state index in [-0.39, 0.29) is 12.5 Å². The molecule has 2 aromatic rings. The van der Waals surface area contributed by atoms with E-state index in [4.69, 9.17) is 16.3 Å². The molecule has 7 nitrogen and oxygen atoms in total. The number of amides is 2. The number of carbonyl (C=O) groups is 2. The lowest BCUT2D eigenvalue weighted by atomic mass is 10.0. The standard InChI is InChI=1S/C17H18N4O3/c18-12-6-7-14-13(9-12)21(10-16(22)20-19)17(23)15(24-14)8-11-4-2-1-3-5-11/h1-7,9,15H,8,10,18-19H2,(H,20,22). The van der Waals surface area contributed by atoms with Crippen molar-refractivity contribution >= 4 is 23.2 Å². The number of benzene rings is 2. The highest BCUT2D eigenvalue weighted by atomic mass is 16.5. The first-order chi connectivity index (χ1) is 11.6. The molecule has 2 amide bonds. The molecule has 0 spiro atoms. The second-order valence-electron chi connectivity index (χ2n) is 5.52. The van der Waals surface area contributed by atoms with Gasteiger partial charge in [0.15, 0.2) is 6.10 Å². The predicted octanol–water partition coefficient (Wildman–Crippen LogP) is 0.595. The number of nitrogen functional groups attached to an aromatic ring is 1. The van der Waals surface area contributed by atoms with E-state index in [0.717, 1.165) is 5.56 Å². The van der Waals surface area contributed by atoms with Crippen molar-refractivity contribution in [2.24, 2.45) is 5.84 Å². The molecule has 1 unspecified atom stereocenters. The first kappa shape index (κ1) is 15.8. The van der Waals surface area contributed by atoms with Crippen LogP contribution in [0, 0.1) is 0 Å². The fourth-order valence-electron chi connectivity index (χ4n) is 2.65. The molecule has 1 aliphatic heterocycles. The smallest absolute Gasteiger partial charge is 0.268 e. The van der Waals surface area contributed by atoms with Crippen LogP contribution in [0.15, 0.2) is 48.5 Å². The number of rotatable bonds is 4. The first-order valence-corrected chi connectivity index (χ1v) is 7.49. The zero-order valence-corrected chi connectivity index (χ0v) is 12.9. The number of hydrazine groups is 1. The quantitative estimate of drug-likeness (QED) is 0.330. The van der Waals surface area contributed by atoms with E-state index >= 15 is 0 Å². The van der Waals surface area contributed by atoms with E-state index < -0.39 is 12.0 Å². The highest BCUT2D eigenvalue weighted by Gasteiger charge is 2.35. The Bertz CT molecular complexity index is 764. The van der Waals surface area contributed by atoms with Gasteiger partial charge in [-0.3, -0.25) is 19.9 Å². The second-order valence-corrected chi connectivity index (χ2v) is 5.52. The SMILES string of the molecule is NNC(=O)CN1C(=O)C(Cc2ccccc2)Oc2ccc(N)cc21. The van der Waals surface area contributed by atoms with E-state index in [9.17, 15) is 9.59 Å². The summed E-state index contributed by atoms with van der Waals surface area (Å²) in [7, 11) is 0. The molecule has 3 rings (SSSR count). The average molecular weight is 326 g/mol. The van der Waals surface area contributed by atoms with Crippen molar-refractivity contribution in [3.63, 3.8) is 0 Å². The van der Waals surface area contributed by atoms with Crippen LogP contribution in [0.2, 0.25) is 0 Å². The van der Waals surface area contributed by atoms with E-state index in [1.807, 2.05) is 35.8 Å². The Morgan fingerprint density at radius 1 is 1.21 bits per heavy atom.